The molecule has 0 aliphatic carbocycles. The molecule has 2 N–H and O–H groups in total. The second kappa shape index (κ2) is 9.96. The van der Waals surface area contributed by atoms with Crippen LogP contribution < -0.4 is 10.6 Å². The summed E-state index contributed by atoms with van der Waals surface area (Å²) in [5.41, 5.74) is 2.27. The van der Waals surface area contributed by atoms with Crippen LogP contribution in [0.2, 0.25) is 0 Å². The van der Waals surface area contributed by atoms with E-state index in [1.54, 1.807) is 13.1 Å². The van der Waals surface area contributed by atoms with Crippen LogP contribution in [0, 0.1) is 0 Å². The maximum Gasteiger partial charge on any atom is 0.191 e. The Kier molecular flexibility index (Phi) is 7.65. The lowest BCUT2D eigenvalue weighted by molar-refractivity contribution is 0.595. The molecule has 2 aromatic rings. The van der Waals surface area contributed by atoms with Crippen molar-refractivity contribution in [2.24, 2.45) is 4.99 Å². The number of aliphatic imine (C=N–C) groups is 1. The molecule has 0 aliphatic rings. The van der Waals surface area contributed by atoms with E-state index < -0.39 is 9.84 Å². The molecule has 0 saturated heterocycles. The molecule has 0 saturated carbocycles. The van der Waals surface area contributed by atoms with Crippen molar-refractivity contribution in [3.8, 4) is 0 Å². The van der Waals surface area contributed by atoms with E-state index in [0.29, 0.717) is 32.1 Å². The number of benzene rings is 1. The van der Waals surface area contributed by atoms with Gasteiger partial charge in [-0.1, -0.05) is 31.2 Å². The van der Waals surface area contributed by atoms with Gasteiger partial charge in [0.2, 0.25) is 0 Å². The summed E-state index contributed by atoms with van der Waals surface area (Å²) in [6.45, 7) is 5.89. The fraction of sp³-hybridized carbons (Fsp3) is 0.444. The third-order valence-corrected chi connectivity index (χ3v) is 5.61. The summed E-state index contributed by atoms with van der Waals surface area (Å²) in [4.78, 5) is 4.59. The summed E-state index contributed by atoms with van der Waals surface area (Å²) < 4.78 is 25.1. The molecule has 1 aromatic carbocycles. The van der Waals surface area contributed by atoms with Gasteiger partial charge in [-0.2, -0.15) is 5.10 Å². The Hall–Kier alpha value is -2.35. The molecule has 2 rings (SSSR count). The highest BCUT2D eigenvalue weighted by Gasteiger charge is 2.08. The standard InChI is InChI=1S/C18H27N5O2S/c1-3-19-18(20-11-13-26(24,25)4-2)21-14-16-8-5-6-9-17(16)15-23-12-7-10-22-23/h5-10,12H,3-4,11,13-15H2,1-2H3,(H2,19,20,21). The summed E-state index contributed by atoms with van der Waals surface area (Å²) in [5, 5.41) is 10.5. The van der Waals surface area contributed by atoms with E-state index >= 15 is 0 Å². The molecule has 0 fully saturated rings. The molecule has 0 spiro atoms. The smallest absolute Gasteiger partial charge is 0.191 e. The van der Waals surface area contributed by atoms with E-state index in [0.717, 1.165) is 11.1 Å². The van der Waals surface area contributed by atoms with Gasteiger partial charge in [-0.25, -0.2) is 13.4 Å². The van der Waals surface area contributed by atoms with E-state index in [1.807, 2.05) is 42.1 Å². The fourth-order valence-corrected chi connectivity index (χ4v) is 3.11. The van der Waals surface area contributed by atoms with Crippen molar-refractivity contribution in [3.63, 3.8) is 0 Å². The number of rotatable bonds is 9. The average molecular weight is 378 g/mol. The number of nitrogens with zero attached hydrogens (tertiary/aromatic N) is 3. The first-order valence-corrected chi connectivity index (χ1v) is 10.6. The number of hydrogen-bond acceptors (Lipinski definition) is 4. The van der Waals surface area contributed by atoms with Gasteiger partial charge in [0.05, 0.1) is 18.8 Å². The molecule has 7 nitrogen and oxygen atoms in total. The minimum absolute atomic E-state index is 0.101. The molecule has 0 aliphatic heterocycles. The molecule has 0 atom stereocenters. The number of hydrogen-bond donors (Lipinski definition) is 2. The summed E-state index contributed by atoms with van der Waals surface area (Å²) in [6.07, 6.45) is 3.69. The molecule has 0 unspecified atom stereocenters. The molecule has 8 heteroatoms. The topological polar surface area (TPSA) is 88.4 Å². The zero-order valence-corrected chi connectivity index (χ0v) is 16.2. The van der Waals surface area contributed by atoms with Crippen LogP contribution in [-0.4, -0.2) is 48.8 Å². The van der Waals surface area contributed by atoms with E-state index in [4.69, 9.17) is 0 Å². The summed E-state index contributed by atoms with van der Waals surface area (Å²) >= 11 is 0. The third kappa shape index (κ3) is 6.51. The van der Waals surface area contributed by atoms with Gasteiger partial charge in [0.15, 0.2) is 15.8 Å². The fourth-order valence-electron chi connectivity index (χ4n) is 2.41. The number of sulfone groups is 1. The average Bonchev–Trinajstić information content (AvgIpc) is 3.14. The van der Waals surface area contributed by atoms with Crippen molar-refractivity contribution in [2.75, 3.05) is 24.6 Å². The Morgan fingerprint density at radius 1 is 1.15 bits per heavy atom. The van der Waals surface area contributed by atoms with Gasteiger partial charge in [-0.3, -0.25) is 4.68 Å². The van der Waals surface area contributed by atoms with Crippen molar-refractivity contribution < 1.29 is 8.42 Å². The van der Waals surface area contributed by atoms with Gasteiger partial charge < -0.3 is 10.6 Å². The van der Waals surface area contributed by atoms with E-state index in [2.05, 4.69) is 26.8 Å². The van der Waals surface area contributed by atoms with Crippen LogP contribution in [-0.2, 0) is 22.9 Å². The highest BCUT2D eigenvalue weighted by atomic mass is 32.2. The van der Waals surface area contributed by atoms with Crippen molar-refractivity contribution in [3.05, 3.63) is 53.9 Å². The summed E-state index contributed by atoms with van der Waals surface area (Å²) in [6, 6.07) is 10.0. The van der Waals surface area contributed by atoms with Crippen LogP contribution >= 0.6 is 0 Å². The van der Waals surface area contributed by atoms with Crippen LogP contribution in [0.25, 0.3) is 0 Å². The van der Waals surface area contributed by atoms with E-state index in [1.165, 1.54) is 0 Å². The molecular weight excluding hydrogens is 350 g/mol. The van der Waals surface area contributed by atoms with Gasteiger partial charge in [0.25, 0.3) is 0 Å². The zero-order chi connectivity index (χ0) is 18.8. The first-order chi connectivity index (χ1) is 12.5. The second-order valence-electron chi connectivity index (χ2n) is 5.83. The molecule has 0 amide bonds. The van der Waals surface area contributed by atoms with E-state index in [-0.39, 0.29) is 11.5 Å². The lowest BCUT2D eigenvalue weighted by atomic mass is 10.1. The highest BCUT2D eigenvalue weighted by molar-refractivity contribution is 7.91. The van der Waals surface area contributed by atoms with Crippen molar-refractivity contribution in [2.45, 2.75) is 26.9 Å². The minimum Gasteiger partial charge on any atom is -0.357 e. The van der Waals surface area contributed by atoms with Crippen LogP contribution in [0.1, 0.15) is 25.0 Å². The van der Waals surface area contributed by atoms with Gasteiger partial charge in [0, 0.05) is 31.2 Å². The largest absolute Gasteiger partial charge is 0.357 e. The molecule has 142 valence electrons. The van der Waals surface area contributed by atoms with Crippen LogP contribution in [0.15, 0.2) is 47.7 Å². The Labute approximate surface area is 155 Å². The Balaban J connectivity index is 2.02. The molecule has 1 heterocycles. The molecule has 0 bridgehead atoms. The maximum absolute atomic E-state index is 11.6. The van der Waals surface area contributed by atoms with Crippen molar-refractivity contribution >= 4 is 15.8 Å². The third-order valence-electron chi connectivity index (χ3n) is 3.91. The predicted octanol–water partition coefficient (Wildman–Crippen LogP) is 1.42. The summed E-state index contributed by atoms with van der Waals surface area (Å²) in [7, 11) is -2.99. The molecular formula is C18H27N5O2S. The van der Waals surface area contributed by atoms with Gasteiger partial charge >= 0.3 is 0 Å². The van der Waals surface area contributed by atoms with Crippen LogP contribution in [0.5, 0.6) is 0 Å². The first-order valence-electron chi connectivity index (χ1n) is 8.81. The number of nitrogens with one attached hydrogen (secondary N) is 2. The molecule has 1 aromatic heterocycles. The maximum atomic E-state index is 11.6. The summed E-state index contributed by atoms with van der Waals surface area (Å²) in [5.74, 6) is 0.875. The first kappa shape index (κ1) is 20.0. The SMILES string of the molecule is CCNC(=NCc1ccccc1Cn1cccn1)NCCS(=O)(=O)CC. The van der Waals surface area contributed by atoms with Crippen molar-refractivity contribution in [1.29, 1.82) is 0 Å². The lowest BCUT2D eigenvalue weighted by Crippen LogP contribution is -2.39. The zero-order valence-electron chi connectivity index (χ0n) is 15.4. The lowest BCUT2D eigenvalue weighted by Gasteiger charge is -2.12. The normalized spacial score (nSPS) is 12.2. The quantitative estimate of drug-likeness (QED) is 0.510. The Morgan fingerprint density at radius 2 is 1.92 bits per heavy atom. The molecule has 26 heavy (non-hydrogen) atoms. The van der Waals surface area contributed by atoms with E-state index in [9.17, 15) is 8.42 Å². The van der Waals surface area contributed by atoms with Crippen molar-refractivity contribution in [1.82, 2.24) is 20.4 Å². The minimum atomic E-state index is -2.99. The predicted molar refractivity (Wildman–Crippen MR) is 105 cm³/mol. The Morgan fingerprint density at radius 3 is 2.58 bits per heavy atom. The molecule has 0 radical (unpaired) electrons. The monoisotopic (exact) mass is 377 g/mol. The Bertz CT molecular complexity index is 801. The number of guanidine groups is 1. The van der Waals surface area contributed by atoms with Gasteiger partial charge in [0.1, 0.15) is 0 Å². The van der Waals surface area contributed by atoms with Gasteiger partial charge in [-0.15, -0.1) is 0 Å². The highest BCUT2D eigenvalue weighted by Crippen LogP contribution is 2.11. The number of aromatic nitrogens is 2. The second-order valence-corrected chi connectivity index (χ2v) is 8.30. The van der Waals surface area contributed by atoms with Crippen LogP contribution in [0.3, 0.4) is 0 Å². The van der Waals surface area contributed by atoms with Gasteiger partial charge in [-0.05, 0) is 24.1 Å². The van der Waals surface area contributed by atoms with Crippen LogP contribution in [0.4, 0.5) is 0 Å².